The van der Waals surface area contributed by atoms with E-state index in [4.69, 9.17) is 4.52 Å². The molecule has 5 nitrogen and oxygen atoms in total. The van der Waals surface area contributed by atoms with Crippen molar-refractivity contribution in [2.75, 3.05) is 6.54 Å². The fraction of sp³-hybridized carbons (Fsp3) is 0.400. The summed E-state index contributed by atoms with van der Waals surface area (Å²) < 4.78 is 7.37. The Kier molecular flexibility index (Phi) is 5.04. The van der Waals surface area contributed by atoms with Crippen LogP contribution in [0.25, 0.3) is 5.69 Å². The first kappa shape index (κ1) is 17.4. The lowest BCUT2D eigenvalue weighted by Crippen LogP contribution is -2.24. The predicted octanol–water partition coefficient (Wildman–Crippen LogP) is 4.24. The van der Waals surface area contributed by atoms with Crippen LogP contribution in [0.5, 0.6) is 0 Å². The van der Waals surface area contributed by atoms with Gasteiger partial charge in [0, 0.05) is 36.2 Å². The molecule has 0 saturated carbocycles. The summed E-state index contributed by atoms with van der Waals surface area (Å²) in [5.74, 6) is 2.27. The number of hydrogen-bond acceptors (Lipinski definition) is 4. The van der Waals surface area contributed by atoms with E-state index >= 15 is 0 Å². The number of aromatic nitrogens is 3. The molecule has 25 heavy (non-hydrogen) atoms. The van der Waals surface area contributed by atoms with E-state index in [1.54, 1.807) is 0 Å². The molecule has 1 aromatic carbocycles. The molecule has 0 fully saturated rings. The van der Waals surface area contributed by atoms with Crippen LogP contribution in [0.15, 0.2) is 41.2 Å². The molecule has 3 aromatic rings. The Balaban J connectivity index is 1.63. The van der Waals surface area contributed by atoms with Gasteiger partial charge in [-0.2, -0.15) is 0 Å². The van der Waals surface area contributed by atoms with Crippen LogP contribution in [0.2, 0.25) is 0 Å². The molecule has 2 heterocycles. The van der Waals surface area contributed by atoms with Gasteiger partial charge in [0.1, 0.15) is 11.6 Å². The van der Waals surface area contributed by atoms with Gasteiger partial charge < -0.3 is 14.4 Å². The van der Waals surface area contributed by atoms with Crippen LogP contribution < -0.4 is 5.32 Å². The lowest BCUT2D eigenvalue weighted by atomic mass is 9.98. The second-order valence-electron chi connectivity index (χ2n) is 6.70. The van der Waals surface area contributed by atoms with E-state index in [1.165, 1.54) is 11.1 Å². The van der Waals surface area contributed by atoms with Gasteiger partial charge in [-0.3, -0.25) is 0 Å². The number of nitrogens with one attached hydrogen (secondary N) is 1. The molecule has 0 aliphatic carbocycles. The minimum Gasteiger partial charge on any atom is -0.361 e. The van der Waals surface area contributed by atoms with Gasteiger partial charge in [0.05, 0.1) is 5.69 Å². The molecule has 0 bridgehead atoms. The van der Waals surface area contributed by atoms with E-state index in [1.807, 2.05) is 33.2 Å². The van der Waals surface area contributed by atoms with Gasteiger partial charge >= 0.3 is 0 Å². The van der Waals surface area contributed by atoms with Crippen LogP contribution in [0.1, 0.15) is 54.2 Å². The van der Waals surface area contributed by atoms with Crippen LogP contribution >= 0.6 is 0 Å². The third kappa shape index (κ3) is 3.66. The smallest absolute Gasteiger partial charge is 0.137 e. The van der Waals surface area contributed by atoms with E-state index in [0.717, 1.165) is 29.5 Å². The minimum atomic E-state index is 0.279. The Morgan fingerprint density at radius 1 is 1.12 bits per heavy atom. The Morgan fingerprint density at radius 2 is 1.84 bits per heavy atom. The van der Waals surface area contributed by atoms with Crippen LogP contribution in [0.3, 0.4) is 0 Å². The van der Waals surface area contributed by atoms with Crippen molar-refractivity contribution in [2.24, 2.45) is 0 Å². The number of hydrogen-bond donors (Lipinski definition) is 1. The zero-order valence-corrected chi connectivity index (χ0v) is 15.6. The molecule has 2 atom stereocenters. The molecule has 0 saturated heterocycles. The topological polar surface area (TPSA) is 55.9 Å². The first-order valence-electron chi connectivity index (χ1n) is 8.73. The highest BCUT2D eigenvalue weighted by atomic mass is 16.5. The van der Waals surface area contributed by atoms with Crippen LogP contribution in [0, 0.1) is 20.8 Å². The average Bonchev–Trinajstić information content (AvgIpc) is 3.18. The van der Waals surface area contributed by atoms with Crippen molar-refractivity contribution in [3.63, 3.8) is 0 Å². The molecule has 2 aromatic heterocycles. The summed E-state index contributed by atoms with van der Waals surface area (Å²) >= 11 is 0. The Hall–Kier alpha value is -2.40. The van der Waals surface area contributed by atoms with Crippen molar-refractivity contribution < 1.29 is 4.52 Å². The first-order chi connectivity index (χ1) is 12.0. The maximum absolute atomic E-state index is 5.28. The van der Waals surface area contributed by atoms with E-state index in [9.17, 15) is 0 Å². The third-order valence-electron chi connectivity index (χ3n) is 4.81. The Bertz CT molecular complexity index is 812. The van der Waals surface area contributed by atoms with Gasteiger partial charge in [-0.05, 0) is 51.3 Å². The van der Waals surface area contributed by atoms with Gasteiger partial charge in [-0.1, -0.05) is 24.2 Å². The first-order valence-corrected chi connectivity index (χ1v) is 8.73. The third-order valence-corrected chi connectivity index (χ3v) is 4.81. The van der Waals surface area contributed by atoms with E-state index in [2.05, 4.69) is 58.1 Å². The average molecular weight is 338 g/mol. The normalized spacial score (nSPS) is 13.8. The molecule has 0 aliphatic heterocycles. The fourth-order valence-corrected chi connectivity index (χ4v) is 3.34. The Morgan fingerprint density at radius 3 is 2.40 bits per heavy atom. The van der Waals surface area contributed by atoms with Crippen LogP contribution in [0.4, 0.5) is 0 Å². The largest absolute Gasteiger partial charge is 0.361 e. The highest BCUT2D eigenvalue weighted by Crippen LogP contribution is 2.23. The number of imidazole rings is 1. The standard InChI is InChI=1S/C20H26N4O/c1-13(20-15(3)23-25-16(20)4)12-22-14(2)18-6-8-19(9-7-18)24-11-10-21-17(24)5/h6-11,13-14,22H,12H2,1-5H3/t13-,14-/m0/s1. The monoisotopic (exact) mass is 338 g/mol. The molecule has 5 heteroatoms. The molecule has 0 amide bonds. The molecule has 3 rings (SSSR count). The molecule has 0 spiro atoms. The van der Waals surface area contributed by atoms with E-state index < -0.39 is 0 Å². The van der Waals surface area contributed by atoms with Crippen molar-refractivity contribution in [2.45, 2.75) is 46.6 Å². The van der Waals surface area contributed by atoms with Gasteiger partial charge in [0.2, 0.25) is 0 Å². The summed E-state index contributed by atoms with van der Waals surface area (Å²) in [7, 11) is 0. The molecular weight excluding hydrogens is 312 g/mol. The second kappa shape index (κ2) is 7.23. The summed E-state index contributed by atoms with van der Waals surface area (Å²) in [6.45, 7) is 11.3. The molecule has 0 aliphatic rings. The van der Waals surface area contributed by atoms with Crippen LogP contribution in [-0.4, -0.2) is 21.3 Å². The predicted molar refractivity (Wildman–Crippen MR) is 99.1 cm³/mol. The van der Waals surface area contributed by atoms with Crippen molar-refractivity contribution >= 4 is 0 Å². The molecular formula is C20H26N4O. The highest BCUT2D eigenvalue weighted by Gasteiger charge is 2.17. The molecule has 0 radical (unpaired) electrons. The zero-order chi connectivity index (χ0) is 18.0. The quantitative estimate of drug-likeness (QED) is 0.730. The summed E-state index contributed by atoms with van der Waals surface area (Å²) in [5, 5.41) is 7.67. The molecule has 0 unspecified atom stereocenters. The van der Waals surface area contributed by atoms with Crippen molar-refractivity contribution in [3.05, 3.63) is 65.1 Å². The van der Waals surface area contributed by atoms with Gasteiger partial charge in [0.25, 0.3) is 0 Å². The van der Waals surface area contributed by atoms with Crippen molar-refractivity contribution in [3.8, 4) is 5.69 Å². The van der Waals surface area contributed by atoms with Crippen molar-refractivity contribution in [1.29, 1.82) is 0 Å². The van der Waals surface area contributed by atoms with Gasteiger partial charge in [-0.15, -0.1) is 0 Å². The zero-order valence-electron chi connectivity index (χ0n) is 15.6. The highest BCUT2D eigenvalue weighted by molar-refractivity contribution is 5.36. The van der Waals surface area contributed by atoms with E-state index in [-0.39, 0.29) is 6.04 Å². The summed E-state index contributed by atoms with van der Waals surface area (Å²) in [6.07, 6.45) is 3.81. The number of nitrogens with zero attached hydrogens (tertiary/aromatic N) is 3. The second-order valence-corrected chi connectivity index (χ2v) is 6.70. The lowest BCUT2D eigenvalue weighted by Gasteiger charge is -2.18. The van der Waals surface area contributed by atoms with E-state index in [0.29, 0.717) is 5.92 Å². The molecule has 1 N–H and O–H groups in total. The fourth-order valence-electron chi connectivity index (χ4n) is 3.34. The number of rotatable bonds is 6. The van der Waals surface area contributed by atoms with Gasteiger partial charge in [0.15, 0.2) is 0 Å². The maximum atomic E-state index is 5.28. The summed E-state index contributed by atoms with van der Waals surface area (Å²) in [4.78, 5) is 4.28. The lowest BCUT2D eigenvalue weighted by molar-refractivity contribution is 0.391. The van der Waals surface area contributed by atoms with Crippen molar-refractivity contribution in [1.82, 2.24) is 20.0 Å². The Labute approximate surface area is 149 Å². The van der Waals surface area contributed by atoms with Crippen LogP contribution in [-0.2, 0) is 0 Å². The SMILES string of the molecule is Cc1noc(C)c1[C@@H](C)CN[C@@H](C)c1ccc(-n2ccnc2C)cc1. The molecule has 132 valence electrons. The van der Waals surface area contributed by atoms with Gasteiger partial charge in [-0.25, -0.2) is 4.98 Å². The summed E-state index contributed by atoms with van der Waals surface area (Å²) in [6, 6.07) is 8.90. The summed E-state index contributed by atoms with van der Waals surface area (Å²) in [5.41, 5.74) is 4.60. The minimum absolute atomic E-state index is 0.279. The number of benzene rings is 1. The maximum Gasteiger partial charge on any atom is 0.137 e. The number of aryl methyl sites for hydroxylation is 3.